The zero-order chi connectivity index (χ0) is 15.6. The molecule has 0 spiro atoms. The molecule has 1 fully saturated rings. The Hall–Kier alpha value is -1.66. The summed E-state index contributed by atoms with van der Waals surface area (Å²) in [7, 11) is 0. The Balaban J connectivity index is 0.00000242. The van der Waals surface area contributed by atoms with Crippen molar-refractivity contribution >= 4 is 24.0 Å². The Labute approximate surface area is 136 Å². The minimum atomic E-state index is -0.435. The first-order chi connectivity index (χ1) is 9.91. The van der Waals surface area contributed by atoms with Gasteiger partial charge in [0.1, 0.15) is 0 Å². The van der Waals surface area contributed by atoms with Crippen LogP contribution in [0, 0.1) is 17.0 Å². The summed E-state index contributed by atoms with van der Waals surface area (Å²) < 4.78 is 0. The average molecular weight is 328 g/mol. The summed E-state index contributed by atoms with van der Waals surface area (Å²) in [5.41, 5.74) is 7.01. The summed E-state index contributed by atoms with van der Waals surface area (Å²) in [6, 6.07) is 4.48. The summed E-state index contributed by atoms with van der Waals surface area (Å²) in [6.45, 7) is 4.26. The quantitative estimate of drug-likeness (QED) is 0.682. The topological polar surface area (TPSA) is 89.5 Å². The van der Waals surface area contributed by atoms with Gasteiger partial charge in [0.15, 0.2) is 0 Å². The van der Waals surface area contributed by atoms with E-state index in [1.807, 2.05) is 11.8 Å². The summed E-state index contributed by atoms with van der Waals surface area (Å²) in [5.74, 6) is -0.0880. The Morgan fingerprint density at radius 1 is 1.45 bits per heavy atom. The molecule has 0 saturated carbocycles. The lowest BCUT2D eigenvalue weighted by Gasteiger charge is -2.38. The van der Waals surface area contributed by atoms with E-state index in [2.05, 4.69) is 0 Å². The highest BCUT2D eigenvalue weighted by Gasteiger charge is 2.30. The molecule has 2 unspecified atom stereocenters. The Kier molecular flexibility index (Phi) is 6.32. The first kappa shape index (κ1) is 18.4. The maximum atomic E-state index is 12.6. The van der Waals surface area contributed by atoms with Gasteiger partial charge in [-0.1, -0.05) is 0 Å². The average Bonchev–Trinajstić information content (AvgIpc) is 2.45. The fraction of sp³-hybridized carbons (Fsp3) is 0.533. The number of benzene rings is 1. The molecule has 1 aliphatic rings. The van der Waals surface area contributed by atoms with Gasteiger partial charge >= 0.3 is 0 Å². The third kappa shape index (κ3) is 3.75. The number of likely N-dealkylation sites (tertiary alicyclic amines) is 1. The first-order valence-electron chi connectivity index (χ1n) is 7.23. The van der Waals surface area contributed by atoms with Crippen LogP contribution in [0.25, 0.3) is 0 Å². The Bertz CT molecular complexity index is 563. The van der Waals surface area contributed by atoms with Crippen LogP contribution in [-0.2, 0) is 0 Å². The van der Waals surface area contributed by atoms with Gasteiger partial charge in [-0.3, -0.25) is 14.9 Å². The van der Waals surface area contributed by atoms with E-state index in [9.17, 15) is 14.9 Å². The van der Waals surface area contributed by atoms with Crippen molar-refractivity contribution in [2.24, 2.45) is 5.73 Å². The molecule has 1 aromatic carbocycles. The van der Waals surface area contributed by atoms with E-state index < -0.39 is 4.92 Å². The number of rotatable bonds is 3. The van der Waals surface area contributed by atoms with E-state index in [0.717, 1.165) is 19.3 Å². The van der Waals surface area contributed by atoms with Crippen molar-refractivity contribution in [2.45, 2.75) is 45.2 Å². The standard InChI is InChI=1S/C15H21N3O3.ClH/c1-10-9-12(6-7-13(10)18(20)21)15(19)17-8-4-3-5-14(17)11(2)16;/h6-7,9,11,14H,3-5,8,16H2,1-2H3;1H. The molecule has 1 heterocycles. The molecule has 1 saturated heterocycles. The Morgan fingerprint density at radius 2 is 2.14 bits per heavy atom. The van der Waals surface area contributed by atoms with E-state index in [0.29, 0.717) is 17.7 Å². The molecule has 0 bridgehead atoms. The van der Waals surface area contributed by atoms with Crippen molar-refractivity contribution in [1.29, 1.82) is 0 Å². The summed E-state index contributed by atoms with van der Waals surface area (Å²) in [5, 5.41) is 10.8. The molecular formula is C15H22ClN3O3. The van der Waals surface area contributed by atoms with Gasteiger partial charge in [-0.05, 0) is 45.2 Å². The molecule has 6 nitrogen and oxygen atoms in total. The lowest BCUT2D eigenvalue weighted by molar-refractivity contribution is -0.385. The van der Waals surface area contributed by atoms with Crippen LogP contribution in [0.3, 0.4) is 0 Å². The third-order valence-corrected chi connectivity index (χ3v) is 4.06. The number of carbonyl (C=O) groups is 1. The van der Waals surface area contributed by atoms with Gasteiger partial charge in [0.2, 0.25) is 0 Å². The molecular weight excluding hydrogens is 306 g/mol. The van der Waals surface area contributed by atoms with E-state index >= 15 is 0 Å². The smallest absolute Gasteiger partial charge is 0.272 e. The van der Waals surface area contributed by atoms with Gasteiger partial charge in [0, 0.05) is 35.8 Å². The van der Waals surface area contributed by atoms with Gasteiger partial charge in [-0.15, -0.1) is 12.4 Å². The second-order valence-corrected chi connectivity index (χ2v) is 5.68. The first-order valence-corrected chi connectivity index (χ1v) is 7.23. The summed E-state index contributed by atoms with van der Waals surface area (Å²) in [6.07, 6.45) is 2.96. The molecule has 122 valence electrons. The number of hydrogen-bond donors (Lipinski definition) is 1. The predicted octanol–water partition coefficient (Wildman–Crippen LogP) is 2.67. The molecule has 0 aromatic heterocycles. The number of aryl methyl sites for hydroxylation is 1. The molecule has 7 heteroatoms. The van der Waals surface area contributed by atoms with Crippen molar-refractivity contribution in [3.63, 3.8) is 0 Å². The van der Waals surface area contributed by atoms with E-state index in [1.54, 1.807) is 13.0 Å². The fourth-order valence-corrected chi connectivity index (χ4v) is 2.92. The number of hydrogen-bond acceptors (Lipinski definition) is 4. The number of nitrogens with two attached hydrogens (primary N) is 1. The van der Waals surface area contributed by atoms with Crippen LogP contribution in [0.2, 0.25) is 0 Å². The van der Waals surface area contributed by atoms with Gasteiger partial charge in [-0.25, -0.2) is 0 Å². The zero-order valence-electron chi connectivity index (χ0n) is 12.8. The van der Waals surface area contributed by atoms with E-state index in [4.69, 9.17) is 5.73 Å². The van der Waals surface area contributed by atoms with Crippen LogP contribution < -0.4 is 5.73 Å². The van der Waals surface area contributed by atoms with Crippen LogP contribution in [0.15, 0.2) is 18.2 Å². The number of halogens is 1. The molecule has 2 atom stereocenters. The minimum Gasteiger partial charge on any atom is -0.334 e. The second-order valence-electron chi connectivity index (χ2n) is 5.68. The highest BCUT2D eigenvalue weighted by molar-refractivity contribution is 5.95. The number of amides is 1. The van der Waals surface area contributed by atoms with Crippen LogP contribution in [-0.4, -0.2) is 34.4 Å². The SMILES string of the molecule is Cc1cc(C(=O)N2CCCCC2C(C)N)ccc1[N+](=O)[O-].Cl. The van der Waals surface area contributed by atoms with E-state index in [1.165, 1.54) is 12.1 Å². The van der Waals surface area contributed by atoms with Crippen LogP contribution >= 0.6 is 12.4 Å². The molecule has 0 aliphatic carbocycles. The minimum absolute atomic E-state index is 0. The molecule has 2 rings (SSSR count). The maximum absolute atomic E-state index is 12.6. The fourth-order valence-electron chi connectivity index (χ4n) is 2.92. The van der Waals surface area contributed by atoms with Gasteiger partial charge < -0.3 is 10.6 Å². The van der Waals surface area contributed by atoms with Gasteiger partial charge in [0.25, 0.3) is 11.6 Å². The van der Waals surface area contributed by atoms with Crippen molar-refractivity contribution in [3.05, 3.63) is 39.4 Å². The molecule has 2 N–H and O–H groups in total. The number of nitro benzene ring substituents is 1. The lowest BCUT2D eigenvalue weighted by atomic mass is 9.95. The molecule has 1 amide bonds. The third-order valence-electron chi connectivity index (χ3n) is 4.06. The summed E-state index contributed by atoms with van der Waals surface area (Å²) >= 11 is 0. The number of nitrogens with zero attached hydrogens (tertiary/aromatic N) is 2. The number of carbonyl (C=O) groups excluding carboxylic acids is 1. The second kappa shape index (κ2) is 7.56. The zero-order valence-corrected chi connectivity index (χ0v) is 13.6. The van der Waals surface area contributed by atoms with Crippen molar-refractivity contribution < 1.29 is 9.72 Å². The van der Waals surface area contributed by atoms with Gasteiger partial charge in [0.05, 0.1) is 4.92 Å². The lowest BCUT2D eigenvalue weighted by Crippen LogP contribution is -2.51. The van der Waals surface area contributed by atoms with Crippen LogP contribution in [0.5, 0.6) is 0 Å². The van der Waals surface area contributed by atoms with Crippen molar-refractivity contribution in [2.75, 3.05) is 6.54 Å². The molecule has 1 aliphatic heterocycles. The monoisotopic (exact) mass is 327 g/mol. The largest absolute Gasteiger partial charge is 0.334 e. The van der Waals surface area contributed by atoms with Crippen LogP contribution in [0.4, 0.5) is 5.69 Å². The Morgan fingerprint density at radius 3 is 2.68 bits per heavy atom. The van der Waals surface area contributed by atoms with Gasteiger partial charge in [-0.2, -0.15) is 0 Å². The molecule has 0 radical (unpaired) electrons. The number of nitro groups is 1. The van der Waals surface area contributed by atoms with Crippen molar-refractivity contribution in [1.82, 2.24) is 4.90 Å². The van der Waals surface area contributed by atoms with E-state index in [-0.39, 0.29) is 36.1 Å². The highest BCUT2D eigenvalue weighted by atomic mass is 35.5. The summed E-state index contributed by atoms with van der Waals surface area (Å²) in [4.78, 5) is 24.9. The molecule has 1 aromatic rings. The van der Waals surface area contributed by atoms with Crippen LogP contribution in [0.1, 0.15) is 42.1 Å². The number of piperidine rings is 1. The maximum Gasteiger partial charge on any atom is 0.272 e. The predicted molar refractivity (Wildman–Crippen MR) is 87.4 cm³/mol. The van der Waals surface area contributed by atoms with Crippen molar-refractivity contribution in [3.8, 4) is 0 Å². The highest BCUT2D eigenvalue weighted by Crippen LogP contribution is 2.24. The molecule has 22 heavy (non-hydrogen) atoms. The normalized spacial score (nSPS) is 19.2.